The second-order valence-corrected chi connectivity index (χ2v) is 4.13. The number of hydrogen-bond donors (Lipinski definition) is 0. The molecule has 0 fully saturated rings. The number of rotatable bonds is 6. The van der Waals surface area contributed by atoms with Gasteiger partial charge in [0.15, 0.2) is 0 Å². The minimum atomic E-state index is -0.352. The molecule has 1 aromatic carbocycles. The zero-order chi connectivity index (χ0) is 12.5. The minimum Gasteiger partial charge on any atom is -0.466 e. The summed E-state index contributed by atoms with van der Waals surface area (Å²) in [6.45, 7) is 1.30. The smallest absolute Gasteiger partial charge is 0.330 e. The molecule has 0 unspecified atom stereocenters. The maximum absolute atomic E-state index is 10.9. The van der Waals surface area contributed by atoms with Gasteiger partial charge in [0.1, 0.15) is 0 Å². The maximum atomic E-state index is 10.9. The molecule has 0 N–H and O–H groups in total. The van der Waals surface area contributed by atoms with E-state index < -0.39 is 0 Å². The Hall–Kier alpha value is -1.13. The summed E-state index contributed by atoms with van der Waals surface area (Å²) in [6, 6.07) is 7.83. The minimum absolute atomic E-state index is 0.352. The fourth-order valence-corrected chi connectivity index (χ4v) is 1.43. The first-order chi connectivity index (χ1) is 8.26. The SMILES string of the molecule is COC(=O)C=Cc1ccc(COCCBr)cc1. The fourth-order valence-electron chi connectivity index (χ4n) is 1.20. The lowest BCUT2D eigenvalue weighted by atomic mass is 10.1. The largest absolute Gasteiger partial charge is 0.466 e. The molecule has 0 aliphatic heterocycles. The molecule has 17 heavy (non-hydrogen) atoms. The highest BCUT2D eigenvalue weighted by molar-refractivity contribution is 9.09. The number of carbonyl (C=O) groups excluding carboxylic acids is 1. The van der Waals surface area contributed by atoms with Crippen LogP contribution >= 0.6 is 15.9 Å². The van der Waals surface area contributed by atoms with Gasteiger partial charge in [0.25, 0.3) is 0 Å². The normalized spacial score (nSPS) is 10.7. The van der Waals surface area contributed by atoms with E-state index in [2.05, 4.69) is 20.7 Å². The van der Waals surface area contributed by atoms with Gasteiger partial charge in [0.2, 0.25) is 0 Å². The van der Waals surface area contributed by atoms with E-state index in [1.165, 1.54) is 13.2 Å². The average molecular weight is 299 g/mol. The molecule has 0 saturated carbocycles. The van der Waals surface area contributed by atoms with Gasteiger partial charge in [-0.25, -0.2) is 4.79 Å². The standard InChI is InChI=1S/C13H15BrO3/c1-16-13(15)7-6-11-2-4-12(5-3-11)10-17-9-8-14/h2-7H,8-10H2,1H3. The van der Waals surface area contributed by atoms with Gasteiger partial charge in [-0.1, -0.05) is 40.2 Å². The zero-order valence-corrected chi connectivity index (χ0v) is 11.3. The average Bonchev–Trinajstić information content (AvgIpc) is 2.37. The van der Waals surface area contributed by atoms with Gasteiger partial charge in [-0.3, -0.25) is 0 Å². The monoisotopic (exact) mass is 298 g/mol. The van der Waals surface area contributed by atoms with Crippen molar-refractivity contribution in [3.05, 3.63) is 41.5 Å². The summed E-state index contributed by atoms with van der Waals surface area (Å²) < 4.78 is 9.90. The van der Waals surface area contributed by atoms with Crippen LogP contribution in [0, 0.1) is 0 Å². The molecule has 0 radical (unpaired) electrons. The van der Waals surface area contributed by atoms with Crippen LogP contribution in [0.2, 0.25) is 0 Å². The third kappa shape index (κ3) is 5.65. The number of benzene rings is 1. The molecule has 0 aliphatic carbocycles. The predicted molar refractivity (Wildman–Crippen MR) is 70.9 cm³/mol. The Balaban J connectivity index is 2.50. The van der Waals surface area contributed by atoms with E-state index in [4.69, 9.17) is 4.74 Å². The third-order valence-electron chi connectivity index (χ3n) is 2.08. The first-order valence-corrected chi connectivity index (χ1v) is 6.37. The van der Waals surface area contributed by atoms with Gasteiger partial charge in [0.05, 0.1) is 20.3 Å². The predicted octanol–water partition coefficient (Wildman–Crippen LogP) is 2.78. The number of esters is 1. The summed E-state index contributed by atoms with van der Waals surface area (Å²) in [7, 11) is 1.36. The van der Waals surface area contributed by atoms with Crippen molar-refractivity contribution in [2.75, 3.05) is 19.0 Å². The molecule has 0 spiro atoms. The molecular weight excluding hydrogens is 284 g/mol. The molecule has 3 nitrogen and oxygen atoms in total. The van der Waals surface area contributed by atoms with E-state index in [0.717, 1.165) is 16.5 Å². The van der Waals surface area contributed by atoms with Crippen molar-refractivity contribution in [2.24, 2.45) is 0 Å². The van der Waals surface area contributed by atoms with Gasteiger partial charge in [0, 0.05) is 11.4 Å². The van der Waals surface area contributed by atoms with Gasteiger partial charge in [-0.2, -0.15) is 0 Å². The maximum Gasteiger partial charge on any atom is 0.330 e. The molecule has 0 aliphatic rings. The summed E-state index contributed by atoms with van der Waals surface area (Å²) in [5.41, 5.74) is 2.07. The molecule has 0 saturated heterocycles. The van der Waals surface area contributed by atoms with E-state index in [-0.39, 0.29) is 5.97 Å². The van der Waals surface area contributed by atoms with Crippen molar-refractivity contribution in [3.8, 4) is 0 Å². The molecule has 0 bridgehead atoms. The van der Waals surface area contributed by atoms with Crippen molar-refractivity contribution in [1.82, 2.24) is 0 Å². The van der Waals surface area contributed by atoms with Crippen LogP contribution in [0.3, 0.4) is 0 Å². The van der Waals surface area contributed by atoms with Crippen LogP contribution in [0.25, 0.3) is 6.08 Å². The zero-order valence-electron chi connectivity index (χ0n) is 9.69. The van der Waals surface area contributed by atoms with Crippen molar-refractivity contribution >= 4 is 28.0 Å². The Morgan fingerprint density at radius 1 is 1.35 bits per heavy atom. The third-order valence-corrected chi connectivity index (χ3v) is 2.41. The van der Waals surface area contributed by atoms with Crippen LogP contribution in [0.4, 0.5) is 0 Å². The second kappa shape index (κ2) is 8.03. The lowest BCUT2D eigenvalue weighted by Crippen LogP contribution is -1.96. The highest BCUT2D eigenvalue weighted by atomic mass is 79.9. The first kappa shape index (κ1) is 13.9. The topological polar surface area (TPSA) is 35.5 Å². The van der Waals surface area contributed by atoms with Crippen LogP contribution < -0.4 is 0 Å². The summed E-state index contributed by atoms with van der Waals surface area (Å²) in [5, 5.41) is 0.840. The molecule has 0 heterocycles. The van der Waals surface area contributed by atoms with Crippen LogP contribution in [0.5, 0.6) is 0 Å². The number of halogens is 1. The fraction of sp³-hybridized carbons (Fsp3) is 0.308. The number of alkyl halides is 1. The summed E-state index contributed by atoms with van der Waals surface area (Å²) in [6.07, 6.45) is 3.12. The van der Waals surface area contributed by atoms with E-state index >= 15 is 0 Å². The summed E-state index contributed by atoms with van der Waals surface area (Å²) in [5.74, 6) is -0.352. The summed E-state index contributed by atoms with van der Waals surface area (Å²) >= 11 is 3.30. The second-order valence-electron chi connectivity index (χ2n) is 3.34. The van der Waals surface area contributed by atoms with Crippen molar-refractivity contribution in [1.29, 1.82) is 0 Å². The Morgan fingerprint density at radius 3 is 2.65 bits per heavy atom. The molecule has 1 aromatic rings. The van der Waals surface area contributed by atoms with Crippen molar-refractivity contribution in [2.45, 2.75) is 6.61 Å². The molecule has 0 aromatic heterocycles. The lowest BCUT2D eigenvalue weighted by molar-refractivity contribution is -0.134. The van der Waals surface area contributed by atoms with E-state index in [9.17, 15) is 4.79 Å². The molecule has 1 rings (SSSR count). The Labute approximate surface area is 110 Å². The van der Waals surface area contributed by atoms with E-state index in [1.54, 1.807) is 6.08 Å². The number of hydrogen-bond acceptors (Lipinski definition) is 3. The number of methoxy groups -OCH3 is 1. The highest BCUT2D eigenvalue weighted by Gasteiger charge is 1.94. The van der Waals surface area contributed by atoms with E-state index in [0.29, 0.717) is 13.2 Å². The number of ether oxygens (including phenoxy) is 2. The highest BCUT2D eigenvalue weighted by Crippen LogP contribution is 2.07. The van der Waals surface area contributed by atoms with Crippen LogP contribution in [-0.2, 0) is 20.9 Å². The number of carbonyl (C=O) groups is 1. The van der Waals surface area contributed by atoms with Gasteiger partial charge < -0.3 is 9.47 Å². The van der Waals surface area contributed by atoms with Gasteiger partial charge >= 0.3 is 5.97 Å². The first-order valence-electron chi connectivity index (χ1n) is 5.25. The quantitative estimate of drug-likeness (QED) is 0.351. The van der Waals surface area contributed by atoms with Crippen molar-refractivity contribution < 1.29 is 14.3 Å². The summed E-state index contributed by atoms with van der Waals surface area (Å²) in [4.78, 5) is 10.9. The van der Waals surface area contributed by atoms with E-state index in [1.807, 2.05) is 24.3 Å². The lowest BCUT2D eigenvalue weighted by Gasteiger charge is -2.02. The van der Waals surface area contributed by atoms with Crippen LogP contribution in [-0.4, -0.2) is 25.0 Å². The molecular formula is C13H15BrO3. The van der Waals surface area contributed by atoms with Gasteiger partial charge in [-0.05, 0) is 17.2 Å². The Bertz CT molecular complexity index is 371. The van der Waals surface area contributed by atoms with Gasteiger partial charge in [-0.15, -0.1) is 0 Å². The van der Waals surface area contributed by atoms with Crippen molar-refractivity contribution in [3.63, 3.8) is 0 Å². The Kier molecular flexibility index (Phi) is 6.58. The van der Waals surface area contributed by atoms with Crippen LogP contribution in [0.1, 0.15) is 11.1 Å². The molecule has 0 amide bonds. The molecule has 0 atom stereocenters. The van der Waals surface area contributed by atoms with Crippen LogP contribution in [0.15, 0.2) is 30.3 Å². The molecule has 92 valence electrons. The molecule has 4 heteroatoms. The Morgan fingerprint density at radius 2 is 2.06 bits per heavy atom.